The zero-order chi connectivity index (χ0) is 20.4. The number of carbonyl (C=O) groups is 3. The summed E-state index contributed by atoms with van der Waals surface area (Å²) in [6.45, 7) is 1.81. The molecule has 8 nitrogen and oxygen atoms in total. The second kappa shape index (κ2) is 7.59. The number of thioether (sulfide) groups is 1. The fraction of sp³-hybridized carbons (Fsp3) is 0.200. The van der Waals surface area contributed by atoms with Crippen molar-refractivity contribution in [2.75, 3.05) is 5.75 Å². The average molecular weight is 410 g/mol. The number of nitrogens with one attached hydrogen (secondary N) is 2. The van der Waals surface area contributed by atoms with E-state index in [1.807, 2.05) is 24.3 Å². The zero-order valence-corrected chi connectivity index (χ0v) is 16.4. The number of urea groups is 1. The van der Waals surface area contributed by atoms with Crippen molar-refractivity contribution in [3.05, 3.63) is 60.2 Å². The molecule has 0 aliphatic carbocycles. The number of oxazole rings is 1. The summed E-state index contributed by atoms with van der Waals surface area (Å²) in [5, 5.41) is 3.80. The van der Waals surface area contributed by atoms with E-state index in [1.54, 1.807) is 37.3 Å². The smallest absolute Gasteiger partial charge is 0.344 e. The van der Waals surface area contributed by atoms with Crippen LogP contribution in [0.3, 0.4) is 0 Å². The molecule has 0 saturated carbocycles. The second-order valence-electron chi connectivity index (χ2n) is 6.47. The Morgan fingerprint density at radius 2 is 1.90 bits per heavy atom. The lowest BCUT2D eigenvalue weighted by atomic mass is 9.87. The van der Waals surface area contributed by atoms with Gasteiger partial charge in [0.25, 0.3) is 11.1 Å². The first-order valence-corrected chi connectivity index (χ1v) is 10.0. The molecule has 0 unspecified atom stereocenters. The van der Waals surface area contributed by atoms with E-state index in [1.165, 1.54) is 0 Å². The molecule has 1 aliphatic rings. The molecule has 1 aliphatic heterocycles. The molecule has 1 atom stereocenters. The third-order valence-electron chi connectivity index (χ3n) is 4.73. The van der Waals surface area contributed by atoms with E-state index in [9.17, 15) is 14.4 Å². The first kappa shape index (κ1) is 19.0. The van der Waals surface area contributed by atoms with Gasteiger partial charge in [0.2, 0.25) is 5.91 Å². The molecule has 29 heavy (non-hydrogen) atoms. The van der Waals surface area contributed by atoms with Crippen LogP contribution in [0.15, 0.2) is 64.2 Å². The van der Waals surface area contributed by atoms with Gasteiger partial charge in [0, 0.05) is 0 Å². The molecular formula is C20H18N4O4S. The SMILES string of the molecule is CC[C@@]1(c2ccccc2)NC(=O)N(NC(=O)CSc2nc3ccccc3o2)C1=O. The quantitative estimate of drug-likeness (QED) is 0.478. The maximum absolute atomic E-state index is 13.0. The summed E-state index contributed by atoms with van der Waals surface area (Å²) in [6.07, 6.45) is 0.353. The normalized spacial score (nSPS) is 18.9. The molecule has 2 aromatic carbocycles. The molecule has 0 spiro atoms. The fourth-order valence-corrected chi connectivity index (χ4v) is 3.87. The molecule has 148 valence electrons. The van der Waals surface area contributed by atoms with E-state index >= 15 is 0 Å². The zero-order valence-electron chi connectivity index (χ0n) is 15.5. The number of hydrogen-bond donors (Lipinski definition) is 2. The molecule has 4 amide bonds. The van der Waals surface area contributed by atoms with Crippen molar-refractivity contribution in [2.24, 2.45) is 0 Å². The van der Waals surface area contributed by atoms with Crippen LogP contribution >= 0.6 is 11.8 Å². The Balaban J connectivity index is 1.44. The van der Waals surface area contributed by atoms with Crippen LogP contribution in [-0.4, -0.2) is 33.6 Å². The van der Waals surface area contributed by atoms with Crippen LogP contribution in [0.2, 0.25) is 0 Å². The number of para-hydroxylation sites is 2. The van der Waals surface area contributed by atoms with Gasteiger partial charge in [-0.15, -0.1) is 0 Å². The van der Waals surface area contributed by atoms with Crippen LogP contribution in [-0.2, 0) is 15.1 Å². The predicted molar refractivity (Wildman–Crippen MR) is 107 cm³/mol. The molecular weight excluding hydrogens is 392 g/mol. The fourth-order valence-electron chi connectivity index (χ4n) is 3.24. The first-order valence-electron chi connectivity index (χ1n) is 9.03. The van der Waals surface area contributed by atoms with Gasteiger partial charge in [-0.2, -0.15) is 5.01 Å². The van der Waals surface area contributed by atoms with Crippen molar-refractivity contribution in [2.45, 2.75) is 24.1 Å². The molecule has 1 fully saturated rings. The molecule has 2 heterocycles. The number of fused-ring (bicyclic) bond motifs is 1. The summed E-state index contributed by atoms with van der Waals surface area (Å²) in [4.78, 5) is 42.0. The lowest BCUT2D eigenvalue weighted by molar-refractivity contribution is -0.138. The first-order chi connectivity index (χ1) is 14.0. The van der Waals surface area contributed by atoms with Gasteiger partial charge in [0.05, 0.1) is 5.75 Å². The van der Waals surface area contributed by atoms with Crippen molar-refractivity contribution in [1.82, 2.24) is 20.7 Å². The molecule has 1 saturated heterocycles. The molecule has 4 rings (SSSR count). The van der Waals surface area contributed by atoms with Crippen LogP contribution in [0.1, 0.15) is 18.9 Å². The largest absolute Gasteiger partial charge is 0.431 e. The van der Waals surface area contributed by atoms with Crippen molar-refractivity contribution in [3.63, 3.8) is 0 Å². The summed E-state index contributed by atoms with van der Waals surface area (Å²) in [5.41, 5.74) is 3.17. The number of nitrogens with zero attached hydrogens (tertiary/aromatic N) is 2. The van der Waals surface area contributed by atoms with Gasteiger partial charge in [-0.1, -0.05) is 61.2 Å². The van der Waals surface area contributed by atoms with E-state index in [2.05, 4.69) is 15.7 Å². The van der Waals surface area contributed by atoms with E-state index < -0.39 is 23.4 Å². The summed E-state index contributed by atoms with van der Waals surface area (Å²) in [7, 11) is 0. The number of carbonyl (C=O) groups excluding carboxylic acids is 3. The van der Waals surface area contributed by atoms with Crippen molar-refractivity contribution in [1.29, 1.82) is 0 Å². The molecule has 0 bridgehead atoms. The highest BCUT2D eigenvalue weighted by Gasteiger charge is 2.52. The number of imide groups is 1. The molecule has 3 aromatic rings. The Morgan fingerprint density at radius 3 is 2.62 bits per heavy atom. The van der Waals surface area contributed by atoms with Crippen molar-refractivity contribution < 1.29 is 18.8 Å². The highest BCUT2D eigenvalue weighted by atomic mass is 32.2. The average Bonchev–Trinajstić information content (AvgIpc) is 3.27. The Morgan fingerprint density at radius 1 is 1.17 bits per heavy atom. The summed E-state index contributed by atoms with van der Waals surface area (Å²) < 4.78 is 5.55. The maximum Gasteiger partial charge on any atom is 0.344 e. The lowest BCUT2D eigenvalue weighted by Gasteiger charge is -2.25. The van der Waals surface area contributed by atoms with Gasteiger partial charge >= 0.3 is 6.03 Å². The van der Waals surface area contributed by atoms with E-state index in [0.29, 0.717) is 28.3 Å². The topological polar surface area (TPSA) is 105 Å². The van der Waals surface area contributed by atoms with Gasteiger partial charge in [0.1, 0.15) is 11.1 Å². The molecule has 1 aromatic heterocycles. The van der Waals surface area contributed by atoms with Gasteiger partial charge in [-0.3, -0.25) is 15.0 Å². The Bertz CT molecular complexity index is 1050. The van der Waals surface area contributed by atoms with Crippen LogP contribution in [0, 0.1) is 0 Å². The Hall–Kier alpha value is -3.33. The number of hydrogen-bond acceptors (Lipinski definition) is 6. The summed E-state index contributed by atoms with van der Waals surface area (Å²) >= 11 is 1.08. The van der Waals surface area contributed by atoms with Gasteiger partial charge < -0.3 is 9.73 Å². The lowest BCUT2D eigenvalue weighted by Crippen LogP contribution is -2.49. The number of amides is 4. The van der Waals surface area contributed by atoms with E-state index in [4.69, 9.17) is 4.42 Å². The maximum atomic E-state index is 13.0. The number of benzene rings is 2. The van der Waals surface area contributed by atoms with Gasteiger partial charge in [0.15, 0.2) is 5.58 Å². The van der Waals surface area contributed by atoms with Crippen LogP contribution in [0.4, 0.5) is 4.79 Å². The predicted octanol–water partition coefficient (Wildman–Crippen LogP) is 2.81. The molecule has 0 radical (unpaired) electrons. The minimum Gasteiger partial charge on any atom is -0.431 e. The van der Waals surface area contributed by atoms with Gasteiger partial charge in [-0.05, 0) is 24.1 Å². The van der Waals surface area contributed by atoms with Crippen molar-refractivity contribution in [3.8, 4) is 0 Å². The minimum atomic E-state index is -1.20. The van der Waals surface area contributed by atoms with Crippen molar-refractivity contribution >= 4 is 40.7 Å². The third-order valence-corrected chi connectivity index (χ3v) is 5.55. The van der Waals surface area contributed by atoms with E-state index in [-0.39, 0.29) is 5.75 Å². The third kappa shape index (κ3) is 3.44. The highest BCUT2D eigenvalue weighted by molar-refractivity contribution is 7.99. The number of hydrazine groups is 1. The van der Waals surface area contributed by atoms with Gasteiger partial charge in [-0.25, -0.2) is 9.78 Å². The van der Waals surface area contributed by atoms with Crippen LogP contribution in [0.5, 0.6) is 0 Å². The van der Waals surface area contributed by atoms with Crippen LogP contribution in [0.25, 0.3) is 11.1 Å². The summed E-state index contributed by atoms with van der Waals surface area (Å²) in [5.74, 6) is -1.09. The standard InChI is InChI=1S/C20H18N4O4S/c1-2-20(13-8-4-3-5-9-13)17(26)24(18(27)22-20)23-16(25)12-29-19-21-14-10-6-7-11-15(14)28-19/h3-11H,2,12H2,1H3,(H,22,27)(H,23,25)/t20-/m0/s1. The Labute approximate surface area is 170 Å². The molecule has 2 N–H and O–H groups in total. The second-order valence-corrected chi connectivity index (χ2v) is 7.39. The Kier molecular flexibility index (Phi) is 4.98. The number of rotatable bonds is 6. The van der Waals surface area contributed by atoms with E-state index in [0.717, 1.165) is 16.8 Å². The highest BCUT2D eigenvalue weighted by Crippen LogP contribution is 2.31. The van der Waals surface area contributed by atoms with Crippen LogP contribution < -0.4 is 10.7 Å². The number of aromatic nitrogens is 1. The minimum absolute atomic E-state index is 0.0612. The summed E-state index contributed by atoms with van der Waals surface area (Å²) in [6, 6.07) is 15.6. The molecule has 9 heteroatoms. The monoisotopic (exact) mass is 410 g/mol.